The second-order valence-corrected chi connectivity index (χ2v) is 12.8. The standard InChI is InChI=1S/C32H37N3OS/c1-20-15-21(2)28(22(3)16-20)35-27(23-13-11-10-12-14-23)19-37-30(35)34-33-24-17-25(31(4,5)6)29(36)26(18-24)32(7,8)9/h10-19H,1-9H3/b34-30+. The van der Waals surface area contributed by atoms with Gasteiger partial charge in [-0.2, -0.15) is 0 Å². The van der Waals surface area contributed by atoms with Gasteiger partial charge in [0.15, 0.2) is 5.78 Å². The number of rotatable bonds is 3. The Morgan fingerprint density at radius 3 is 1.84 bits per heavy atom. The lowest BCUT2D eigenvalue weighted by molar-refractivity contribution is -0.114. The van der Waals surface area contributed by atoms with Crippen molar-refractivity contribution < 1.29 is 4.79 Å². The number of aromatic nitrogens is 1. The second-order valence-electron chi connectivity index (χ2n) is 11.9. The molecule has 0 saturated carbocycles. The third-order valence-corrected chi connectivity index (χ3v) is 7.39. The molecule has 4 nitrogen and oxygen atoms in total. The molecule has 0 aliphatic heterocycles. The Labute approximate surface area is 224 Å². The Kier molecular flexibility index (Phi) is 7.13. The third-order valence-electron chi connectivity index (χ3n) is 6.58. The van der Waals surface area contributed by atoms with Crippen LogP contribution in [0, 0.1) is 31.6 Å². The number of carbonyl (C=O) groups is 1. The van der Waals surface area contributed by atoms with E-state index >= 15 is 0 Å². The summed E-state index contributed by atoms with van der Waals surface area (Å²) in [4.78, 5) is 14.1. The molecule has 0 N–H and O–H groups in total. The summed E-state index contributed by atoms with van der Waals surface area (Å²) in [6.45, 7) is 18.8. The maximum absolute atomic E-state index is 13.3. The molecule has 0 unspecified atom stereocenters. The minimum Gasteiger partial charge on any atom is -0.289 e. The summed E-state index contributed by atoms with van der Waals surface area (Å²) in [5, 5.41) is 11.6. The summed E-state index contributed by atoms with van der Waals surface area (Å²) in [5.74, 6) is 0.0995. The van der Waals surface area contributed by atoms with Crippen LogP contribution in [0.15, 0.2) is 81.3 Å². The number of benzene rings is 2. The number of allylic oxidation sites excluding steroid dienone is 4. The maximum Gasteiger partial charge on any atom is 0.215 e. The Morgan fingerprint density at radius 2 is 1.32 bits per heavy atom. The smallest absolute Gasteiger partial charge is 0.215 e. The van der Waals surface area contributed by atoms with E-state index in [-0.39, 0.29) is 16.6 Å². The van der Waals surface area contributed by atoms with E-state index in [0.29, 0.717) is 5.71 Å². The van der Waals surface area contributed by atoms with Crippen LogP contribution in [0.5, 0.6) is 0 Å². The molecule has 1 aliphatic rings. The van der Waals surface area contributed by atoms with Crippen molar-refractivity contribution in [3.63, 3.8) is 0 Å². The van der Waals surface area contributed by atoms with Gasteiger partial charge in [-0.25, -0.2) is 0 Å². The molecule has 0 radical (unpaired) electrons. The largest absolute Gasteiger partial charge is 0.289 e. The van der Waals surface area contributed by atoms with Gasteiger partial charge in [0.2, 0.25) is 4.80 Å². The number of hydrogen-bond donors (Lipinski definition) is 0. The lowest BCUT2D eigenvalue weighted by Gasteiger charge is -2.30. The van der Waals surface area contributed by atoms with E-state index in [4.69, 9.17) is 10.2 Å². The normalized spacial score (nSPS) is 15.1. The molecule has 4 rings (SSSR count). The van der Waals surface area contributed by atoms with Crippen molar-refractivity contribution in [2.75, 3.05) is 0 Å². The van der Waals surface area contributed by atoms with Crippen molar-refractivity contribution in [2.24, 2.45) is 21.0 Å². The first-order valence-corrected chi connectivity index (χ1v) is 13.6. The van der Waals surface area contributed by atoms with Gasteiger partial charge in [-0.15, -0.1) is 21.5 Å². The fraction of sp³-hybridized carbons (Fsp3) is 0.344. The van der Waals surface area contributed by atoms with E-state index in [0.717, 1.165) is 32.9 Å². The van der Waals surface area contributed by atoms with Gasteiger partial charge in [0, 0.05) is 16.5 Å². The Bertz CT molecular complexity index is 1460. The average molecular weight is 512 g/mol. The number of hydrogen-bond acceptors (Lipinski definition) is 4. The number of ketones is 1. The molecule has 192 valence electrons. The van der Waals surface area contributed by atoms with Crippen LogP contribution in [0.25, 0.3) is 16.9 Å². The third kappa shape index (κ3) is 5.52. The molecule has 5 heteroatoms. The highest BCUT2D eigenvalue weighted by atomic mass is 32.1. The van der Waals surface area contributed by atoms with Gasteiger partial charge in [0.1, 0.15) is 0 Å². The van der Waals surface area contributed by atoms with Gasteiger partial charge >= 0.3 is 0 Å². The minimum absolute atomic E-state index is 0.0995. The number of aryl methyl sites for hydroxylation is 3. The predicted molar refractivity (Wildman–Crippen MR) is 156 cm³/mol. The summed E-state index contributed by atoms with van der Waals surface area (Å²) in [6.07, 6.45) is 3.80. The molecular weight excluding hydrogens is 474 g/mol. The summed E-state index contributed by atoms with van der Waals surface area (Å²) >= 11 is 1.57. The van der Waals surface area contributed by atoms with E-state index in [1.165, 1.54) is 16.7 Å². The Balaban J connectivity index is 1.97. The number of Topliss-reactive ketones (excluding diaryl/α,β-unsaturated/α-hetero) is 1. The highest BCUT2D eigenvalue weighted by molar-refractivity contribution is 7.07. The van der Waals surface area contributed by atoms with Crippen molar-refractivity contribution >= 4 is 22.8 Å². The van der Waals surface area contributed by atoms with Crippen molar-refractivity contribution in [2.45, 2.75) is 62.3 Å². The fourth-order valence-electron chi connectivity index (χ4n) is 4.82. The van der Waals surface area contributed by atoms with Crippen molar-refractivity contribution in [3.05, 3.63) is 92.6 Å². The lowest BCUT2D eigenvalue weighted by Crippen LogP contribution is -2.29. The van der Waals surface area contributed by atoms with E-state index in [9.17, 15) is 4.79 Å². The zero-order chi connectivity index (χ0) is 27.1. The lowest BCUT2D eigenvalue weighted by atomic mass is 9.72. The van der Waals surface area contributed by atoms with E-state index in [2.05, 4.69) is 109 Å². The van der Waals surface area contributed by atoms with Gasteiger partial charge in [0.25, 0.3) is 0 Å². The summed E-state index contributed by atoms with van der Waals surface area (Å²) < 4.78 is 2.21. The molecule has 2 aromatic carbocycles. The zero-order valence-corrected chi connectivity index (χ0v) is 24.2. The highest BCUT2D eigenvalue weighted by Gasteiger charge is 2.34. The van der Waals surface area contributed by atoms with Crippen LogP contribution in [0.3, 0.4) is 0 Å². The molecule has 1 aromatic heterocycles. The molecule has 0 atom stereocenters. The first kappa shape index (κ1) is 26.7. The molecule has 0 spiro atoms. The molecule has 37 heavy (non-hydrogen) atoms. The van der Waals surface area contributed by atoms with Crippen LogP contribution in [-0.2, 0) is 4.79 Å². The minimum atomic E-state index is -0.290. The molecule has 0 amide bonds. The summed E-state index contributed by atoms with van der Waals surface area (Å²) in [7, 11) is 0. The summed E-state index contributed by atoms with van der Waals surface area (Å²) in [6, 6.07) is 14.8. The summed E-state index contributed by atoms with van der Waals surface area (Å²) in [5.41, 5.74) is 8.60. The molecule has 0 saturated heterocycles. The van der Waals surface area contributed by atoms with Gasteiger partial charge < -0.3 is 0 Å². The predicted octanol–water partition coefficient (Wildman–Crippen LogP) is 7.92. The van der Waals surface area contributed by atoms with Crippen LogP contribution >= 0.6 is 11.3 Å². The molecule has 0 fully saturated rings. The van der Waals surface area contributed by atoms with Crippen LogP contribution in [-0.4, -0.2) is 16.1 Å². The van der Waals surface area contributed by atoms with Crippen LogP contribution < -0.4 is 4.80 Å². The van der Waals surface area contributed by atoms with Crippen LogP contribution in [0.1, 0.15) is 58.2 Å². The number of nitrogens with zero attached hydrogens (tertiary/aromatic N) is 3. The van der Waals surface area contributed by atoms with Crippen molar-refractivity contribution in [3.8, 4) is 16.9 Å². The monoisotopic (exact) mass is 511 g/mol. The quantitative estimate of drug-likeness (QED) is 0.260. The first-order chi connectivity index (χ1) is 17.3. The van der Waals surface area contributed by atoms with Gasteiger partial charge in [-0.3, -0.25) is 9.36 Å². The average Bonchev–Trinajstić information content (AvgIpc) is 3.20. The fourth-order valence-corrected chi connectivity index (χ4v) is 5.66. The van der Waals surface area contributed by atoms with E-state index in [1.807, 2.05) is 18.2 Å². The highest BCUT2D eigenvalue weighted by Crippen LogP contribution is 2.37. The van der Waals surface area contributed by atoms with Crippen molar-refractivity contribution in [1.29, 1.82) is 0 Å². The molecule has 1 heterocycles. The topological polar surface area (TPSA) is 46.7 Å². The first-order valence-electron chi connectivity index (χ1n) is 12.7. The number of carbonyl (C=O) groups excluding carboxylic acids is 1. The van der Waals surface area contributed by atoms with Gasteiger partial charge in [-0.1, -0.05) is 89.6 Å². The SMILES string of the molecule is Cc1cc(C)c(-n2c(-c3ccccc3)cs/c2=N/N=C2C=C(C(C)(C)C)C(=O)C(C(C)(C)C)=C2)c(C)c1. The van der Waals surface area contributed by atoms with E-state index in [1.54, 1.807) is 11.3 Å². The number of thiazole rings is 1. The zero-order valence-electron chi connectivity index (χ0n) is 23.4. The van der Waals surface area contributed by atoms with Crippen molar-refractivity contribution in [1.82, 2.24) is 4.57 Å². The van der Waals surface area contributed by atoms with E-state index < -0.39 is 0 Å². The molecular formula is C32H37N3OS. The van der Waals surface area contributed by atoms with Gasteiger partial charge in [-0.05, 0) is 60.4 Å². The Hall–Kier alpha value is -3.31. The Morgan fingerprint density at radius 1 is 0.784 bits per heavy atom. The molecule has 1 aliphatic carbocycles. The van der Waals surface area contributed by atoms with Crippen LogP contribution in [0.4, 0.5) is 0 Å². The molecule has 0 bridgehead atoms. The molecule has 3 aromatic rings. The van der Waals surface area contributed by atoms with Gasteiger partial charge in [0.05, 0.1) is 17.1 Å². The second kappa shape index (κ2) is 9.86. The van der Waals surface area contributed by atoms with Crippen LogP contribution in [0.2, 0.25) is 0 Å². The maximum atomic E-state index is 13.3.